The summed E-state index contributed by atoms with van der Waals surface area (Å²) in [5.74, 6) is -0.177. The maximum absolute atomic E-state index is 11.1. The number of pyridine rings is 1. The van der Waals surface area contributed by atoms with Gasteiger partial charge in [-0.2, -0.15) is 0 Å². The lowest BCUT2D eigenvalue weighted by molar-refractivity contribution is 0.0690. The number of aromatic carboxylic acids is 1. The molecule has 1 atom stereocenters. The molecular weight excluding hydrogens is 314 g/mol. The summed E-state index contributed by atoms with van der Waals surface area (Å²) in [5, 5.41) is 9.14. The van der Waals surface area contributed by atoms with Crippen molar-refractivity contribution in [2.45, 2.75) is 19.4 Å². The van der Waals surface area contributed by atoms with Crippen LogP contribution in [0.25, 0.3) is 0 Å². The van der Waals surface area contributed by atoms with Gasteiger partial charge in [0.05, 0.1) is 0 Å². The fourth-order valence-electron chi connectivity index (χ4n) is 4.19. The van der Waals surface area contributed by atoms with Crippen LogP contribution < -0.4 is 4.90 Å². The molecule has 2 fully saturated rings. The lowest BCUT2D eigenvalue weighted by Crippen LogP contribution is -2.31. The predicted octanol–water partition coefficient (Wildman–Crippen LogP) is 2.88. The normalized spacial score (nSPS) is 23.4. The number of anilines is 1. The van der Waals surface area contributed by atoms with Gasteiger partial charge in [-0.3, -0.25) is 4.90 Å². The zero-order valence-corrected chi connectivity index (χ0v) is 14.3. The number of hydrogen-bond acceptors (Lipinski definition) is 4. The SMILES string of the molecule is O=C(O)c1cccc(N2CCC3(CCN(Cc4ccccc4)C3)C2)n1. The molecule has 3 heterocycles. The molecule has 1 aromatic heterocycles. The fraction of sp³-hybridized carbons (Fsp3) is 0.400. The first kappa shape index (κ1) is 16.1. The second kappa shape index (κ2) is 6.48. The molecular formula is C20H23N3O2. The quantitative estimate of drug-likeness (QED) is 0.930. The minimum atomic E-state index is -0.967. The Labute approximate surface area is 147 Å². The molecule has 130 valence electrons. The van der Waals surface area contributed by atoms with Crippen molar-refractivity contribution in [3.63, 3.8) is 0 Å². The summed E-state index contributed by atoms with van der Waals surface area (Å²) in [7, 11) is 0. The third-order valence-corrected chi connectivity index (χ3v) is 5.48. The van der Waals surface area contributed by atoms with Gasteiger partial charge in [-0.15, -0.1) is 0 Å². The van der Waals surface area contributed by atoms with Crippen molar-refractivity contribution >= 4 is 11.8 Å². The van der Waals surface area contributed by atoms with Crippen LogP contribution in [0.5, 0.6) is 0 Å². The van der Waals surface area contributed by atoms with Crippen molar-refractivity contribution in [1.82, 2.24) is 9.88 Å². The highest BCUT2D eigenvalue weighted by atomic mass is 16.4. The summed E-state index contributed by atoms with van der Waals surface area (Å²) in [6.45, 7) is 5.17. The molecule has 2 saturated heterocycles. The maximum atomic E-state index is 11.1. The summed E-state index contributed by atoms with van der Waals surface area (Å²) < 4.78 is 0. The number of likely N-dealkylation sites (tertiary alicyclic amines) is 1. The van der Waals surface area contributed by atoms with Crippen molar-refractivity contribution in [3.8, 4) is 0 Å². The van der Waals surface area contributed by atoms with Crippen LogP contribution >= 0.6 is 0 Å². The van der Waals surface area contributed by atoms with Crippen LogP contribution in [0.15, 0.2) is 48.5 Å². The van der Waals surface area contributed by atoms with Crippen LogP contribution in [0.4, 0.5) is 5.82 Å². The Bertz CT molecular complexity index is 765. The zero-order chi connectivity index (χ0) is 17.3. The average Bonchev–Trinajstić information content (AvgIpc) is 3.23. The number of carbonyl (C=O) groups is 1. The van der Waals surface area contributed by atoms with E-state index in [1.54, 1.807) is 12.1 Å². The van der Waals surface area contributed by atoms with Crippen molar-refractivity contribution in [3.05, 3.63) is 59.8 Å². The molecule has 0 radical (unpaired) electrons. The van der Waals surface area contributed by atoms with Gasteiger partial charge in [-0.25, -0.2) is 9.78 Å². The first-order valence-electron chi connectivity index (χ1n) is 8.85. The Hall–Kier alpha value is -2.40. The van der Waals surface area contributed by atoms with Crippen LogP contribution in [0.1, 0.15) is 28.9 Å². The summed E-state index contributed by atoms with van der Waals surface area (Å²) in [5.41, 5.74) is 1.80. The first-order valence-corrected chi connectivity index (χ1v) is 8.85. The summed E-state index contributed by atoms with van der Waals surface area (Å²) in [6.07, 6.45) is 2.35. The summed E-state index contributed by atoms with van der Waals surface area (Å²) in [4.78, 5) is 20.2. The van der Waals surface area contributed by atoms with Gasteiger partial charge in [-0.1, -0.05) is 36.4 Å². The molecule has 2 aliphatic heterocycles. The van der Waals surface area contributed by atoms with E-state index in [1.807, 2.05) is 6.07 Å². The summed E-state index contributed by atoms with van der Waals surface area (Å²) >= 11 is 0. The smallest absolute Gasteiger partial charge is 0.354 e. The van der Waals surface area contributed by atoms with Gasteiger partial charge in [0.15, 0.2) is 5.69 Å². The van der Waals surface area contributed by atoms with Crippen LogP contribution in [0.2, 0.25) is 0 Å². The Morgan fingerprint density at radius 1 is 1.04 bits per heavy atom. The highest BCUT2D eigenvalue weighted by molar-refractivity contribution is 5.85. The number of rotatable bonds is 4. The van der Waals surface area contributed by atoms with Gasteiger partial charge in [0.25, 0.3) is 0 Å². The van der Waals surface area contributed by atoms with Crippen LogP contribution in [0, 0.1) is 5.41 Å². The van der Waals surface area contributed by atoms with E-state index >= 15 is 0 Å². The number of carboxylic acids is 1. The van der Waals surface area contributed by atoms with E-state index in [0.29, 0.717) is 5.41 Å². The van der Waals surface area contributed by atoms with Crippen molar-refractivity contribution in [1.29, 1.82) is 0 Å². The molecule has 5 heteroatoms. The molecule has 25 heavy (non-hydrogen) atoms. The van der Waals surface area contributed by atoms with E-state index in [-0.39, 0.29) is 5.69 Å². The molecule has 1 aromatic carbocycles. The molecule has 5 nitrogen and oxygen atoms in total. The standard InChI is InChI=1S/C20H23N3O2/c24-19(25)17-7-4-8-18(21-17)23-12-10-20(15-23)9-11-22(14-20)13-16-5-2-1-3-6-16/h1-8H,9-15H2,(H,24,25). The van der Waals surface area contributed by atoms with Crippen LogP contribution in [-0.2, 0) is 6.54 Å². The maximum Gasteiger partial charge on any atom is 0.354 e. The van der Waals surface area contributed by atoms with E-state index < -0.39 is 5.97 Å². The molecule has 0 saturated carbocycles. The highest BCUT2D eigenvalue weighted by Gasteiger charge is 2.43. The monoisotopic (exact) mass is 337 g/mol. The number of hydrogen-bond donors (Lipinski definition) is 1. The highest BCUT2D eigenvalue weighted by Crippen LogP contribution is 2.41. The molecule has 4 rings (SSSR count). The lowest BCUT2D eigenvalue weighted by Gasteiger charge is -2.25. The third kappa shape index (κ3) is 3.37. The largest absolute Gasteiger partial charge is 0.477 e. The summed E-state index contributed by atoms with van der Waals surface area (Å²) in [6, 6.07) is 15.9. The molecule has 0 amide bonds. The zero-order valence-electron chi connectivity index (χ0n) is 14.3. The molecule has 2 aromatic rings. The molecule has 1 N–H and O–H groups in total. The van der Waals surface area contributed by atoms with Crippen LogP contribution in [0.3, 0.4) is 0 Å². The van der Waals surface area contributed by atoms with E-state index in [4.69, 9.17) is 5.11 Å². The number of nitrogens with zero attached hydrogens (tertiary/aromatic N) is 3. The molecule has 2 aliphatic rings. The van der Waals surface area contributed by atoms with Gasteiger partial charge < -0.3 is 10.0 Å². The van der Waals surface area contributed by atoms with Gasteiger partial charge in [0.2, 0.25) is 0 Å². The van der Waals surface area contributed by atoms with Gasteiger partial charge in [0.1, 0.15) is 5.82 Å². The Kier molecular flexibility index (Phi) is 4.17. The molecule has 1 spiro atoms. The Morgan fingerprint density at radius 2 is 1.84 bits per heavy atom. The number of benzene rings is 1. The molecule has 0 bridgehead atoms. The average molecular weight is 337 g/mol. The third-order valence-electron chi connectivity index (χ3n) is 5.48. The topological polar surface area (TPSA) is 56.7 Å². The number of aromatic nitrogens is 1. The Balaban J connectivity index is 1.42. The van der Waals surface area contributed by atoms with Crippen molar-refractivity contribution < 1.29 is 9.90 Å². The van der Waals surface area contributed by atoms with Crippen LogP contribution in [-0.4, -0.2) is 47.1 Å². The number of carboxylic acid groups (broad SMARTS) is 1. The predicted molar refractivity (Wildman–Crippen MR) is 96.8 cm³/mol. The Morgan fingerprint density at radius 3 is 2.64 bits per heavy atom. The van der Waals surface area contributed by atoms with E-state index in [2.05, 4.69) is 45.1 Å². The van der Waals surface area contributed by atoms with Gasteiger partial charge >= 0.3 is 5.97 Å². The van der Waals surface area contributed by atoms with Gasteiger partial charge in [0, 0.05) is 31.6 Å². The minimum absolute atomic E-state index is 0.121. The van der Waals surface area contributed by atoms with Crippen molar-refractivity contribution in [2.75, 3.05) is 31.1 Å². The van der Waals surface area contributed by atoms with Gasteiger partial charge in [-0.05, 0) is 37.1 Å². The minimum Gasteiger partial charge on any atom is -0.477 e. The molecule has 1 unspecified atom stereocenters. The first-order chi connectivity index (χ1) is 12.1. The van der Waals surface area contributed by atoms with E-state index in [1.165, 1.54) is 12.0 Å². The van der Waals surface area contributed by atoms with E-state index in [0.717, 1.165) is 45.0 Å². The second-order valence-electron chi connectivity index (χ2n) is 7.30. The lowest BCUT2D eigenvalue weighted by atomic mass is 9.86. The van der Waals surface area contributed by atoms with Crippen molar-refractivity contribution in [2.24, 2.45) is 5.41 Å². The van der Waals surface area contributed by atoms with E-state index in [9.17, 15) is 4.79 Å². The second-order valence-corrected chi connectivity index (χ2v) is 7.30. The molecule has 0 aliphatic carbocycles. The fourth-order valence-corrected chi connectivity index (χ4v) is 4.19.